The standard InChI is InChI=1S/C17H27N3O/c1-3-18-17(21)14-7-5-8-16(13-14)19-15-9-6-11-20(4-2)12-10-15/h5,7-8,13,15,19H,3-4,6,9-12H2,1-2H3,(H,18,21). The number of likely N-dealkylation sites (tertiary alicyclic amines) is 1. The monoisotopic (exact) mass is 289 g/mol. The van der Waals surface area contributed by atoms with E-state index in [0.29, 0.717) is 12.6 Å². The minimum Gasteiger partial charge on any atom is -0.382 e. The third kappa shape index (κ3) is 4.74. The van der Waals surface area contributed by atoms with Crippen LogP contribution in [0.15, 0.2) is 24.3 Å². The van der Waals surface area contributed by atoms with E-state index >= 15 is 0 Å². The summed E-state index contributed by atoms with van der Waals surface area (Å²) in [7, 11) is 0. The Morgan fingerprint density at radius 3 is 2.90 bits per heavy atom. The van der Waals surface area contributed by atoms with Crippen molar-refractivity contribution in [2.24, 2.45) is 0 Å². The van der Waals surface area contributed by atoms with Gasteiger partial charge in [-0.05, 0) is 57.5 Å². The van der Waals surface area contributed by atoms with E-state index in [1.165, 1.54) is 25.8 Å². The molecule has 1 amide bonds. The summed E-state index contributed by atoms with van der Waals surface area (Å²) in [5.74, 6) is -0.000764. The van der Waals surface area contributed by atoms with Crippen molar-refractivity contribution in [1.29, 1.82) is 0 Å². The van der Waals surface area contributed by atoms with Gasteiger partial charge in [-0.1, -0.05) is 13.0 Å². The van der Waals surface area contributed by atoms with Crippen molar-refractivity contribution in [2.75, 3.05) is 31.5 Å². The third-order valence-corrected chi connectivity index (χ3v) is 4.10. The summed E-state index contributed by atoms with van der Waals surface area (Å²) in [5, 5.41) is 6.44. The van der Waals surface area contributed by atoms with Crippen molar-refractivity contribution in [3.8, 4) is 0 Å². The van der Waals surface area contributed by atoms with Crippen molar-refractivity contribution in [3.05, 3.63) is 29.8 Å². The molecule has 21 heavy (non-hydrogen) atoms. The van der Waals surface area contributed by atoms with Gasteiger partial charge >= 0.3 is 0 Å². The molecule has 1 aromatic rings. The second-order valence-corrected chi connectivity index (χ2v) is 5.65. The first-order valence-electron chi connectivity index (χ1n) is 8.10. The van der Waals surface area contributed by atoms with E-state index in [2.05, 4.69) is 22.5 Å². The smallest absolute Gasteiger partial charge is 0.251 e. The number of benzene rings is 1. The van der Waals surface area contributed by atoms with Crippen LogP contribution in [0.2, 0.25) is 0 Å². The number of rotatable bonds is 5. The number of carbonyl (C=O) groups is 1. The Hall–Kier alpha value is -1.55. The average molecular weight is 289 g/mol. The predicted molar refractivity (Wildman–Crippen MR) is 87.8 cm³/mol. The summed E-state index contributed by atoms with van der Waals surface area (Å²) >= 11 is 0. The van der Waals surface area contributed by atoms with Crippen LogP contribution in [-0.2, 0) is 0 Å². The van der Waals surface area contributed by atoms with Crippen molar-refractivity contribution in [1.82, 2.24) is 10.2 Å². The molecule has 2 rings (SSSR count). The minimum absolute atomic E-state index is 0.000764. The molecule has 1 aromatic carbocycles. The van der Waals surface area contributed by atoms with Crippen LogP contribution >= 0.6 is 0 Å². The number of nitrogens with one attached hydrogen (secondary N) is 2. The molecule has 1 unspecified atom stereocenters. The van der Waals surface area contributed by atoms with Crippen LogP contribution < -0.4 is 10.6 Å². The Balaban J connectivity index is 1.96. The fourth-order valence-electron chi connectivity index (χ4n) is 2.86. The van der Waals surface area contributed by atoms with Gasteiger partial charge in [0.1, 0.15) is 0 Å². The summed E-state index contributed by atoms with van der Waals surface area (Å²) in [4.78, 5) is 14.4. The molecule has 1 fully saturated rings. The second kappa shape index (κ2) is 8.03. The van der Waals surface area contributed by atoms with Gasteiger partial charge in [-0.25, -0.2) is 0 Å². The Morgan fingerprint density at radius 2 is 2.14 bits per heavy atom. The number of hydrogen-bond acceptors (Lipinski definition) is 3. The molecule has 116 valence electrons. The summed E-state index contributed by atoms with van der Waals surface area (Å²) in [5.41, 5.74) is 1.78. The molecule has 2 N–H and O–H groups in total. The van der Waals surface area contributed by atoms with Crippen molar-refractivity contribution < 1.29 is 4.79 Å². The lowest BCUT2D eigenvalue weighted by molar-refractivity contribution is 0.0956. The van der Waals surface area contributed by atoms with E-state index in [-0.39, 0.29) is 5.91 Å². The van der Waals surface area contributed by atoms with Gasteiger partial charge in [0.2, 0.25) is 0 Å². The van der Waals surface area contributed by atoms with Crippen LogP contribution in [0.5, 0.6) is 0 Å². The second-order valence-electron chi connectivity index (χ2n) is 5.65. The van der Waals surface area contributed by atoms with E-state index in [0.717, 1.165) is 24.3 Å². The summed E-state index contributed by atoms with van der Waals surface area (Å²) in [6.07, 6.45) is 3.60. The molecular weight excluding hydrogens is 262 g/mol. The van der Waals surface area contributed by atoms with Gasteiger partial charge < -0.3 is 15.5 Å². The van der Waals surface area contributed by atoms with Gasteiger partial charge in [-0.3, -0.25) is 4.79 Å². The zero-order chi connectivity index (χ0) is 15.1. The maximum absolute atomic E-state index is 11.9. The van der Waals surface area contributed by atoms with Gasteiger partial charge in [0.15, 0.2) is 0 Å². The Labute approximate surface area is 127 Å². The molecule has 4 heteroatoms. The van der Waals surface area contributed by atoms with Crippen molar-refractivity contribution >= 4 is 11.6 Å². The molecule has 0 aliphatic carbocycles. The lowest BCUT2D eigenvalue weighted by atomic mass is 10.1. The van der Waals surface area contributed by atoms with Gasteiger partial charge in [0.05, 0.1) is 0 Å². The van der Waals surface area contributed by atoms with Crippen LogP contribution in [0.1, 0.15) is 43.5 Å². The van der Waals surface area contributed by atoms with Gasteiger partial charge in [-0.15, -0.1) is 0 Å². The zero-order valence-electron chi connectivity index (χ0n) is 13.2. The first kappa shape index (κ1) is 15.8. The molecule has 1 atom stereocenters. The van der Waals surface area contributed by atoms with E-state index in [1.54, 1.807) is 0 Å². The first-order chi connectivity index (χ1) is 10.2. The fraction of sp³-hybridized carbons (Fsp3) is 0.588. The third-order valence-electron chi connectivity index (χ3n) is 4.10. The normalized spacial score (nSPS) is 19.8. The SMILES string of the molecule is CCNC(=O)c1cccc(NC2CCCN(CC)CC2)c1. The number of anilines is 1. The minimum atomic E-state index is -0.000764. The largest absolute Gasteiger partial charge is 0.382 e. The van der Waals surface area contributed by atoms with Crippen LogP contribution in [0.3, 0.4) is 0 Å². The van der Waals surface area contributed by atoms with E-state index in [1.807, 2.05) is 31.2 Å². The molecule has 0 aromatic heterocycles. The summed E-state index contributed by atoms with van der Waals surface area (Å²) in [6.45, 7) is 8.32. The van der Waals surface area contributed by atoms with E-state index < -0.39 is 0 Å². The first-order valence-corrected chi connectivity index (χ1v) is 8.10. The topological polar surface area (TPSA) is 44.4 Å². The molecule has 1 aliphatic rings. The quantitative estimate of drug-likeness (QED) is 0.876. The Morgan fingerprint density at radius 1 is 1.29 bits per heavy atom. The van der Waals surface area contributed by atoms with Gasteiger partial charge in [0.25, 0.3) is 5.91 Å². The van der Waals surface area contributed by atoms with Crippen LogP contribution in [0, 0.1) is 0 Å². The maximum atomic E-state index is 11.9. The highest BCUT2D eigenvalue weighted by Crippen LogP contribution is 2.18. The molecule has 0 radical (unpaired) electrons. The molecule has 4 nitrogen and oxygen atoms in total. The highest BCUT2D eigenvalue weighted by Gasteiger charge is 2.16. The molecule has 1 aliphatic heterocycles. The average Bonchev–Trinajstić information content (AvgIpc) is 2.73. The highest BCUT2D eigenvalue weighted by atomic mass is 16.1. The van der Waals surface area contributed by atoms with Crippen molar-refractivity contribution in [3.63, 3.8) is 0 Å². The Kier molecular flexibility index (Phi) is 6.05. The number of hydrogen-bond donors (Lipinski definition) is 2. The fourth-order valence-corrected chi connectivity index (χ4v) is 2.86. The maximum Gasteiger partial charge on any atom is 0.251 e. The molecule has 0 bridgehead atoms. The van der Waals surface area contributed by atoms with Crippen LogP contribution in [-0.4, -0.2) is 43.0 Å². The van der Waals surface area contributed by atoms with Crippen LogP contribution in [0.4, 0.5) is 5.69 Å². The summed E-state index contributed by atoms with van der Waals surface area (Å²) in [6, 6.07) is 8.31. The molecule has 0 saturated carbocycles. The number of amides is 1. The summed E-state index contributed by atoms with van der Waals surface area (Å²) < 4.78 is 0. The Bertz CT molecular complexity index is 461. The lowest BCUT2D eigenvalue weighted by Crippen LogP contribution is -2.26. The molecule has 0 spiro atoms. The molecule has 1 heterocycles. The molecule has 1 saturated heterocycles. The van der Waals surface area contributed by atoms with Crippen LogP contribution in [0.25, 0.3) is 0 Å². The number of nitrogens with zero attached hydrogens (tertiary/aromatic N) is 1. The van der Waals surface area contributed by atoms with Gasteiger partial charge in [-0.2, -0.15) is 0 Å². The predicted octanol–water partition coefficient (Wildman–Crippen LogP) is 2.72. The highest BCUT2D eigenvalue weighted by molar-refractivity contribution is 5.95. The van der Waals surface area contributed by atoms with E-state index in [9.17, 15) is 4.79 Å². The van der Waals surface area contributed by atoms with Crippen molar-refractivity contribution in [2.45, 2.75) is 39.2 Å². The zero-order valence-corrected chi connectivity index (χ0v) is 13.2. The number of carbonyl (C=O) groups excluding carboxylic acids is 1. The van der Waals surface area contributed by atoms with Gasteiger partial charge in [0, 0.05) is 30.4 Å². The lowest BCUT2D eigenvalue weighted by Gasteiger charge is -2.19. The van der Waals surface area contributed by atoms with E-state index in [4.69, 9.17) is 0 Å². The molecular formula is C17H27N3O.